The van der Waals surface area contributed by atoms with Gasteiger partial charge < -0.3 is 0 Å². The summed E-state index contributed by atoms with van der Waals surface area (Å²) in [5.74, 6) is 0. The van der Waals surface area contributed by atoms with Crippen molar-refractivity contribution in [1.29, 1.82) is 0 Å². The van der Waals surface area contributed by atoms with E-state index in [9.17, 15) is 4.79 Å². The summed E-state index contributed by atoms with van der Waals surface area (Å²) in [6.07, 6.45) is 0.722. The molecule has 0 aromatic heterocycles. The number of allylic oxidation sites excluding steroid dienone is 1. The van der Waals surface area contributed by atoms with Crippen molar-refractivity contribution in [2.45, 2.75) is 6.92 Å². The molecule has 0 atom stereocenters. The summed E-state index contributed by atoms with van der Waals surface area (Å²) in [6.45, 7) is 4.97. The van der Waals surface area contributed by atoms with Crippen LogP contribution in [0.4, 0.5) is 0 Å². The van der Waals surface area contributed by atoms with Crippen LogP contribution in [0.1, 0.15) is 6.92 Å². The van der Waals surface area contributed by atoms with Crippen molar-refractivity contribution in [3.8, 4) is 0 Å². The van der Waals surface area contributed by atoms with Crippen molar-refractivity contribution in [3.05, 3.63) is 12.2 Å². The molecule has 0 radical (unpaired) electrons. The number of hydrogen-bond acceptors (Lipinski definition) is 2. The Hall–Kier alpha value is 0.149. The predicted octanol–water partition coefficient (Wildman–Crippen LogP) is 1.41. The zero-order chi connectivity index (χ0) is 6.28. The summed E-state index contributed by atoms with van der Waals surface area (Å²) in [5.41, 5.74) is 0.574. The van der Waals surface area contributed by atoms with Gasteiger partial charge in [0.1, 0.15) is 6.29 Å². The Kier molecular flexibility index (Phi) is 13.8. The summed E-state index contributed by atoms with van der Waals surface area (Å²) in [5, 5.41) is 0. The third kappa shape index (κ3) is 22.9. The average Bonchev–Trinajstić information content (AvgIpc) is 1.73. The van der Waals surface area contributed by atoms with E-state index < -0.39 is 0 Å². The topological polar surface area (TPSA) is 17.1 Å². The van der Waals surface area contributed by atoms with Crippen LogP contribution in [0.3, 0.4) is 0 Å². The van der Waals surface area contributed by atoms with Crippen molar-refractivity contribution < 1.29 is 19.2 Å². The van der Waals surface area contributed by atoms with Crippen LogP contribution in [0.25, 0.3) is 0 Å². The van der Waals surface area contributed by atoms with Crippen molar-refractivity contribution in [2.75, 3.05) is 0 Å². The minimum atomic E-state index is 0.574. The third-order valence-corrected chi connectivity index (χ3v) is 0.201. The van der Waals surface area contributed by atoms with Gasteiger partial charge in [0.2, 0.25) is 0 Å². The molecule has 3 heteroatoms. The van der Waals surface area contributed by atoms with Gasteiger partial charge in [0, 0.05) is 0 Å². The molecule has 0 saturated heterocycles. The van der Waals surface area contributed by atoms with Gasteiger partial charge in [0.25, 0.3) is 0 Å². The molecule has 7 heavy (non-hydrogen) atoms. The van der Waals surface area contributed by atoms with Gasteiger partial charge in [0.05, 0.1) is 0 Å². The molecule has 1 nitrogen and oxygen atoms in total. The van der Waals surface area contributed by atoms with Crippen LogP contribution in [-0.4, -0.2) is 6.29 Å². The van der Waals surface area contributed by atoms with Crippen LogP contribution >= 0.6 is 10.6 Å². The molecule has 0 aromatic carbocycles. The monoisotopic (exact) mass is 158 g/mol. The molecule has 0 rings (SSSR count). The van der Waals surface area contributed by atoms with Crippen molar-refractivity contribution in [3.63, 3.8) is 0 Å². The fraction of sp³-hybridized carbons (Fsp3) is 0.250. The number of aldehydes is 1. The van der Waals surface area contributed by atoms with E-state index >= 15 is 0 Å². The molecule has 0 spiro atoms. The Morgan fingerprint density at radius 2 is 2.00 bits per heavy atom. The van der Waals surface area contributed by atoms with Gasteiger partial charge in [-0.05, 0) is 12.5 Å². The van der Waals surface area contributed by atoms with Crippen molar-refractivity contribution in [1.82, 2.24) is 0 Å². The molecule has 0 aliphatic heterocycles. The molecule has 0 N–H and O–H groups in total. The van der Waals surface area contributed by atoms with E-state index in [1.165, 1.54) is 0 Å². The third-order valence-electron chi connectivity index (χ3n) is 0.201. The van der Waals surface area contributed by atoms with Crippen LogP contribution in [0, 0.1) is 0 Å². The Morgan fingerprint density at radius 3 is 2.00 bits per heavy atom. The van der Waals surface area contributed by atoms with Gasteiger partial charge in [0.15, 0.2) is 0 Å². The molecule has 0 fully saturated rings. The van der Waals surface area contributed by atoms with Crippen LogP contribution in [0.2, 0.25) is 0 Å². The Labute approximate surface area is 55.5 Å². The molecule has 0 unspecified atom stereocenters. The summed E-state index contributed by atoms with van der Waals surface area (Å²) in [7, 11) is 3.83. The summed E-state index contributed by atoms with van der Waals surface area (Å²) < 4.78 is 0. The van der Waals surface area contributed by atoms with Gasteiger partial charge in [-0.3, -0.25) is 4.79 Å². The van der Waals surface area contributed by atoms with E-state index in [0.717, 1.165) is 6.29 Å². The van der Waals surface area contributed by atoms with E-state index in [-0.39, 0.29) is 0 Å². The first kappa shape index (κ1) is 10.2. The van der Waals surface area contributed by atoms with Gasteiger partial charge in [-0.25, -0.2) is 0 Å². The molecular weight excluding hydrogens is 152 g/mol. The number of hydrogen-bond donors (Lipinski definition) is 0. The first-order valence-electron chi connectivity index (χ1n) is 1.52. The van der Waals surface area contributed by atoms with Gasteiger partial charge in [-0.1, -0.05) is 6.58 Å². The molecule has 42 valence electrons. The number of rotatable bonds is 1. The van der Waals surface area contributed by atoms with E-state index in [1.54, 1.807) is 6.92 Å². The molecule has 0 bridgehead atoms. The van der Waals surface area contributed by atoms with Crippen LogP contribution in [-0.2, 0) is 19.2 Å². The molecule has 0 amide bonds. The first-order chi connectivity index (χ1) is 3.27. The van der Waals surface area contributed by atoms with Crippen LogP contribution < -0.4 is 0 Å². The predicted molar refractivity (Wildman–Crippen MR) is 28.5 cm³/mol. The maximum atomic E-state index is 9.41. The SMILES string of the molecule is C=C(C)C=O.[S]=[Fe]. The van der Waals surface area contributed by atoms with Crippen LogP contribution in [0.15, 0.2) is 12.2 Å². The standard InChI is InChI=1S/C4H6O.Fe.S/c1-4(2)3-5;;/h3H,1H2,2H3;;. The van der Waals surface area contributed by atoms with Crippen molar-refractivity contribution >= 4 is 16.8 Å². The summed E-state index contributed by atoms with van der Waals surface area (Å²) in [4.78, 5) is 9.41. The van der Waals surface area contributed by atoms with Gasteiger partial charge in [-0.15, -0.1) is 0 Å². The quantitative estimate of drug-likeness (QED) is 0.326. The Bertz CT molecular complexity index is 72.1. The van der Waals surface area contributed by atoms with Gasteiger partial charge >= 0.3 is 24.9 Å². The second-order valence-corrected chi connectivity index (χ2v) is 0.964. The molecule has 0 aliphatic carbocycles. The fourth-order valence-corrected chi connectivity index (χ4v) is 0. The normalized spacial score (nSPS) is 5.43. The van der Waals surface area contributed by atoms with E-state index in [1.807, 2.05) is 0 Å². The Balaban J connectivity index is 0. The fourth-order valence-electron chi connectivity index (χ4n) is 0. The van der Waals surface area contributed by atoms with E-state index in [4.69, 9.17) is 0 Å². The average molecular weight is 158 g/mol. The summed E-state index contributed by atoms with van der Waals surface area (Å²) >= 11 is 2.83. The maximum absolute atomic E-state index is 9.41. The zero-order valence-electron chi connectivity index (χ0n) is 3.95. The Morgan fingerprint density at radius 1 is 1.86 bits per heavy atom. The summed E-state index contributed by atoms with van der Waals surface area (Å²) in [6, 6.07) is 0. The second-order valence-electron chi connectivity index (χ2n) is 0.964. The minimum absolute atomic E-state index is 0.574. The van der Waals surface area contributed by atoms with Crippen LogP contribution in [0.5, 0.6) is 0 Å². The first-order valence-corrected chi connectivity index (χ1v) is 3.16. The zero-order valence-corrected chi connectivity index (χ0v) is 5.88. The molecule has 0 aromatic rings. The number of carbonyl (C=O) groups is 1. The molecule has 0 saturated carbocycles. The van der Waals surface area contributed by atoms with E-state index in [2.05, 4.69) is 31.5 Å². The van der Waals surface area contributed by atoms with Crippen molar-refractivity contribution in [2.24, 2.45) is 0 Å². The molecule has 0 aliphatic rings. The number of carbonyl (C=O) groups excluding carboxylic acids is 1. The molecular formula is C4H6FeOS. The van der Waals surface area contributed by atoms with Gasteiger partial charge in [-0.2, -0.15) is 0 Å². The van der Waals surface area contributed by atoms with E-state index in [0.29, 0.717) is 5.57 Å². The molecule has 0 heterocycles. The second kappa shape index (κ2) is 9.47.